The minimum Gasteiger partial charge on any atom is -0.395 e. The van der Waals surface area contributed by atoms with Crippen molar-refractivity contribution in [3.8, 4) is 5.69 Å². The quantitative estimate of drug-likeness (QED) is 0.832. The molecule has 1 heterocycles. The van der Waals surface area contributed by atoms with Gasteiger partial charge in [0.2, 0.25) is 0 Å². The first-order valence-electron chi connectivity index (χ1n) is 6.82. The normalized spacial score (nSPS) is 14.4. The summed E-state index contributed by atoms with van der Waals surface area (Å²) in [6.45, 7) is 6.41. The van der Waals surface area contributed by atoms with E-state index in [9.17, 15) is 5.11 Å². The monoisotopic (exact) mass is 275 g/mol. The molecule has 108 valence electrons. The van der Waals surface area contributed by atoms with Crippen LogP contribution < -0.4 is 5.32 Å². The number of aliphatic hydroxyl groups excluding tert-OH is 1. The molecule has 20 heavy (non-hydrogen) atoms. The number of benzene rings is 1. The predicted molar refractivity (Wildman–Crippen MR) is 76.4 cm³/mol. The topological polar surface area (TPSA) is 75.9 Å². The minimum atomic E-state index is 0.0849. The average Bonchev–Trinajstić information content (AvgIpc) is 2.98. The summed E-state index contributed by atoms with van der Waals surface area (Å²) in [5, 5.41) is 24.0. The van der Waals surface area contributed by atoms with Crippen molar-refractivity contribution in [1.82, 2.24) is 25.5 Å². The fraction of sp³-hybridized carbons (Fsp3) is 0.500. The number of aliphatic hydroxyl groups is 1. The maximum absolute atomic E-state index is 9.40. The number of hydrogen-bond acceptors (Lipinski definition) is 5. The van der Waals surface area contributed by atoms with Crippen LogP contribution >= 0.6 is 0 Å². The molecule has 1 aromatic heterocycles. The standard InChI is InChI=1S/C14H21N5O/c1-10(2)14(8-20)16-11(3)12-5-4-6-13(7-12)19-9-15-17-18-19/h4-7,9-11,14,16,20H,8H2,1-3H3. The van der Waals surface area contributed by atoms with E-state index in [2.05, 4.69) is 47.7 Å². The first kappa shape index (κ1) is 14.6. The van der Waals surface area contributed by atoms with E-state index in [4.69, 9.17) is 0 Å². The van der Waals surface area contributed by atoms with Crippen molar-refractivity contribution >= 4 is 0 Å². The molecule has 2 rings (SSSR count). The summed E-state index contributed by atoms with van der Waals surface area (Å²) >= 11 is 0. The van der Waals surface area contributed by atoms with Crippen LogP contribution in [0.1, 0.15) is 32.4 Å². The highest BCUT2D eigenvalue weighted by Gasteiger charge is 2.16. The van der Waals surface area contributed by atoms with E-state index in [0.717, 1.165) is 11.3 Å². The van der Waals surface area contributed by atoms with E-state index in [0.29, 0.717) is 5.92 Å². The molecule has 2 N–H and O–H groups in total. The molecule has 0 fully saturated rings. The Morgan fingerprint density at radius 2 is 2.10 bits per heavy atom. The summed E-state index contributed by atoms with van der Waals surface area (Å²) < 4.78 is 1.63. The number of nitrogens with one attached hydrogen (secondary N) is 1. The van der Waals surface area contributed by atoms with Crippen LogP contribution in [-0.4, -0.2) is 38.0 Å². The molecule has 6 nitrogen and oxygen atoms in total. The Balaban J connectivity index is 2.14. The lowest BCUT2D eigenvalue weighted by Crippen LogP contribution is -2.38. The first-order chi connectivity index (χ1) is 9.61. The van der Waals surface area contributed by atoms with Gasteiger partial charge in [-0.1, -0.05) is 26.0 Å². The summed E-state index contributed by atoms with van der Waals surface area (Å²) in [6, 6.07) is 8.27. The van der Waals surface area contributed by atoms with Crippen LogP contribution in [0.4, 0.5) is 0 Å². The second kappa shape index (κ2) is 6.58. The van der Waals surface area contributed by atoms with Gasteiger partial charge in [0.1, 0.15) is 6.33 Å². The molecule has 0 radical (unpaired) electrons. The summed E-state index contributed by atoms with van der Waals surface area (Å²) in [7, 11) is 0. The zero-order chi connectivity index (χ0) is 14.5. The Morgan fingerprint density at radius 1 is 1.30 bits per heavy atom. The number of nitrogens with zero attached hydrogens (tertiary/aromatic N) is 4. The Kier molecular flexibility index (Phi) is 4.81. The molecule has 1 aromatic carbocycles. The summed E-state index contributed by atoms with van der Waals surface area (Å²) in [5.41, 5.74) is 2.06. The van der Waals surface area contributed by atoms with Crippen molar-refractivity contribution < 1.29 is 5.11 Å². The molecule has 0 saturated heterocycles. The van der Waals surface area contributed by atoms with Gasteiger partial charge in [0.25, 0.3) is 0 Å². The number of hydrogen-bond donors (Lipinski definition) is 2. The SMILES string of the molecule is CC(NC(CO)C(C)C)c1cccc(-n2cnnn2)c1. The Hall–Kier alpha value is -1.79. The molecule has 0 aliphatic heterocycles. The van der Waals surface area contributed by atoms with Crippen LogP contribution in [0.15, 0.2) is 30.6 Å². The highest BCUT2D eigenvalue weighted by molar-refractivity contribution is 5.35. The summed E-state index contributed by atoms with van der Waals surface area (Å²) in [4.78, 5) is 0. The number of aromatic nitrogens is 4. The smallest absolute Gasteiger partial charge is 0.143 e. The van der Waals surface area contributed by atoms with E-state index in [1.807, 2.05) is 18.2 Å². The van der Waals surface area contributed by atoms with Gasteiger partial charge in [0.05, 0.1) is 12.3 Å². The van der Waals surface area contributed by atoms with Crippen molar-refractivity contribution in [3.63, 3.8) is 0 Å². The van der Waals surface area contributed by atoms with Gasteiger partial charge in [-0.15, -0.1) is 5.10 Å². The van der Waals surface area contributed by atoms with Crippen LogP contribution in [-0.2, 0) is 0 Å². The van der Waals surface area contributed by atoms with Crippen molar-refractivity contribution in [1.29, 1.82) is 0 Å². The van der Waals surface area contributed by atoms with Crippen LogP contribution in [0.25, 0.3) is 5.69 Å². The Labute approximate surface area is 118 Å². The van der Waals surface area contributed by atoms with Gasteiger partial charge >= 0.3 is 0 Å². The van der Waals surface area contributed by atoms with Gasteiger partial charge < -0.3 is 10.4 Å². The molecule has 0 aliphatic rings. The zero-order valence-corrected chi connectivity index (χ0v) is 12.1. The first-order valence-corrected chi connectivity index (χ1v) is 6.82. The summed E-state index contributed by atoms with van der Waals surface area (Å²) in [5.74, 6) is 0.380. The van der Waals surface area contributed by atoms with Crippen molar-refractivity contribution in [2.75, 3.05) is 6.61 Å². The van der Waals surface area contributed by atoms with E-state index in [1.165, 1.54) is 0 Å². The highest BCUT2D eigenvalue weighted by atomic mass is 16.3. The molecule has 0 bridgehead atoms. The third kappa shape index (κ3) is 3.40. The molecule has 2 unspecified atom stereocenters. The number of tetrazole rings is 1. The van der Waals surface area contributed by atoms with Crippen molar-refractivity contribution in [2.24, 2.45) is 5.92 Å². The Bertz CT molecular complexity index is 526. The van der Waals surface area contributed by atoms with E-state index < -0.39 is 0 Å². The van der Waals surface area contributed by atoms with E-state index in [-0.39, 0.29) is 18.7 Å². The minimum absolute atomic E-state index is 0.0849. The fourth-order valence-corrected chi connectivity index (χ4v) is 2.09. The van der Waals surface area contributed by atoms with Gasteiger partial charge in [-0.25, -0.2) is 4.68 Å². The molecule has 6 heteroatoms. The molecule has 0 spiro atoms. The second-order valence-corrected chi connectivity index (χ2v) is 5.27. The lowest BCUT2D eigenvalue weighted by Gasteiger charge is -2.25. The van der Waals surface area contributed by atoms with Gasteiger partial charge in [-0.05, 0) is 41.0 Å². The fourth-order valence-electron chi connectivity index (χ4n) is 2.09. The molecule has 0 saturated carbocycles. The van der Waals surface area contributed by atoms with Crippen molar-refractivity contribution in [2.45, 2.75) is 32.9 Å². The van der Waals surface area contributed by atoms with Crippen LogP contribution in [0, 0.1) is 5.92 Å². The summed E-state index contributed by atoms with van der Waals surface area (Å²) in [6.07, 6.45) is 1.57. The van der Waals surface area contributed by atoms with E-state index in [1.54, 1.807) is 11.0 Å². The van der Waals surface area contributed by atoms with Gasteiger partial charge in [0.15, 0.2) is 0 Å². The molecular formula is C14H21N5O. The van der Waals surface area contributed by atoms with Crippen LogP contribution in [0.3, 0.4) is 0 Å². The third-order valence-electron chi connectivity index (χ3n) is 3.45. The molecular weight excluding hydrogens is 254 g/mol. The molecule has 0 amide bonds. The van der Waals surface area contributed by atoms with Gasteiger partial charge in [-0.3, -0.25) is 0 Å². The maximum atomic E-state index is 9.40. The molecule has 0 aliphatic carbocycles. The van der Waals surface area contributed by atoms with Gasteiger partial charge in [-0.2, -0.15) is 0 Å². The average molecular weight is 275 g/mol. The Morgan fingerprint density at radius 3 is 2.70 bits per heavy atom. The van der Waals surface area contributed by atoms with E-state index >= 15 is 0 Å². The largest absolute Gasteiger partial charge is 0.395 e. The predicted octanol–water partition coefficient (Wildman–Crippen LogP) is 1.33. The third-order valence-corrected chi connectivity index (χ3v) is 3.45. The van der Waals surface area contributed by atoms with Gasteiger partial charge in [0, 0.05) is 12.1 Å². The van der Waals surface area contributed by atoms with Crippen LogP contribution in [0.2, 0.25) is 0 Å². The van der Waals surface area contributed by atoms with Crippen molar-refractivity contribution in [3.05, 3.63) is 36.2 Å². The lowest BCUT2D eigenvalue weighted by molar-refractivity contribution is 0.201. The maximum Gasteiger partial charge on any atom is 0.143 e. The molecule has 2 aromatic rings. The number of rotatable bonds is 6. The highest BCUT2D eigenvalue weighted by Crippen LogP contribution is 2.18. The lowest BCUT2D eigenvalue weighted by atomic mass is 10.0. The molecule has 2 atom stereocenters. The van der Waals surface area contributed by atoms with Crippen LogP contribution in [0.5, 0.6) is 0 Å². The zero-order valence-electron chi connectivity index (χ0n) is 12.1. The second-order valence-electron chi connectivity index (χ2n) is 5.27.